The number of carbonyl (C=O) groups is 2. The molecule has 1 rings (SSSR count). The summed E-state index contributed by atoms with van der Waals surface area (Å²) in [5.41, 5.74) is 1.32. The highest BCUT2D eigenvalue weighted by molar-refractivity contribution is 5.96. The van der Waals surface area contributed by atoms with Crippen LogP contribution in [0, 0.1) is 0 Å². The lowest BCUT2D eigenvalue weighted by atomic mass is 10.0. The Morgan fingerprint density at radius 1 is 0.710 bits per heavy atom. The fourth-order valence-electron chi connectivity index (χ4n) is 3.38. The van der Waals surface area contributed by atoms with E-state index >= 15 is 0 Å². The van der Waals surface area contributed by atoms with Crippen LogP contribution < -0.4 is 0 Å². The molecule has 0 saturated carbocycles. The standard InChI is InChI=1S/C27H42O4/c1-3-5-7-9-11-16-20-30-26(28)23-25(22-24-18-14-13-15-19-24)27(29)31-21-17-12-10-8-6-4-2/h13-15,18-19,23H,3-12,16-17,20-22H2,1-2H3/b25-23-. The largest absolute Gasteiger partial charge is 0.463 e. The van der Waals surface area contributed by atoms with E-state index in [2.05, 4.69) is 13.8 Å². The van der Waals surface area contributed by atoms with Crippen LogP contribution in [0.3, 0.4) is 0 Å². The van der Waals surface area contributed by atoms with Crippen molar-refractivity contribution in [2.24, 2.45) is 0 Å². The summed E-state index contributed by atoms with van der Waals surface area (Å²) in [6.45, 7) is 5.18. The lowest BCUT2D eigenvalue weighted by Gasteiger charge is -2.09. The number of unbranched alkanes of at least 4 members (excludes halogenated alkanes) is 10. The monoisotopic (exact) mass is 430 g/mol. The van der Waals surface area contributed by atoms with Gasteiger partial charge in [0.05, 0.1) is 13.2 Å². The maximum atomic E-state index is 12.6. The highest BCUT2D eigenvalue weighted by Gasteiger charge is 2.15. The van der Waals surface area contributed by atoms with E-state index in [1.54, 1.807) is 0 Å². The van der Waals surface area contributed by atoms with Crippen LogP contribution in [0.15, 0.2) is 42.0 Å². The van der Waals surface area contributed by atoms with Gasteiger partial charge in [-0.3, -0.25) is 0 Å². The number of hydrogen-bond donors (Lipinski definition) is 0. The van der Waals surface area contributed by atoms with Gasteiger partial charge >= 0.3 is 11.9 Å². The molecule has 0 aromatic heterocycles. The minimum Gasteiger partial charge on any atom is -0.463 e. The van der Waals surface area contributed by atoms with Crippen LogP contribution in [0.1, 0.15) is 96.5 Å². The first-order chi connectivity index (χ1) is 15.2. The Bertz CT molecular complexity index is 621. The maximum absolute atomic E-state index is 12.6. The van der Waals surface area contributed by atoms with Crippen LogP contribution in [-0.4, -0.2) is 25.2 Å². The summed E-state index contributed by atoms with van der Waals surface area (Å²) in [5.74, 6) is -0.884. The molecule has 174 valence electrons. The van der Waals surface area contributed by atoms with Crippen molar-refractivity contribution < 1.29 is 19.1 Å². The minimum absolute atomic E-state index is 0.352. The molecule has 0 heterocycles. The Balaban J connectivity index is 2.48. The second kappa shape index (κ2) is 18.7. The van der Waals surface area contributed by atoms with E-state index in [4.69, 9.17) is 9.47 Å². The zero-order valence-corrected chi connectivity index (χ0v) is 19.7. The van der Waals surface area contributed by atoms with Crippen molar-refractivity contribution in [3.05, 3.63) is 47.5 Å². The Kier molecular flexibility index (Phi) is 16.2. The number of carbonyl (C=O) groups excluding carboxylic acids is 2. The second-order valence-corrected chi connectivity index (χ2v) is 8.17. The highest BCUT2D eigenvalue weighted by atomic mass is 16.5. The van der Waals surface area contributed by atoms with Crippen LogP contribution in [-0.2, 0) is 25.5 Å². The zero-order chi connectivity index (χ0) is 22.6. The third kappa shape index (κ3) is 14.5. The Hall–Kier alpha value is -2.10. The average molecular weight is 431 g/mol. The lowest BCUT2D eigenvalue weighted by Crippen LogP contribution is -2.14. The van der Waals surface area contributed by atoms with Crippen molar-refractivity contribution in [3.63, 3.8) is 0 Å². The quantitative estimate of drug-likeness (QED) is 0.143. The smallest absolute Gasteiger partial charge is 0.334 e. The molecule has 1 aromatic carbocycles. The van der Waals surface area contributed by atoms with E-state index in [1.165, 1.54) is 57.4 Å². The molecule has 0 saturated heterocycles. The van der Waals surface area contributed by atoms with Gasteiger partial charge in [-0.25, -0.2) is 9.59 Å². The zero-order valence-electron chi connectivity index (χ0n) is 19.7. The molecule has 0 aliphatic carbocycles. The first-order valence-corrected chi connectivity index (χ1v) is 12.3. The van der Waals surface area contributed by atoms with Crippen LogP contribution in [0.2, 0.25) is 0 Å². The molecular formula is C27H42O4. The van der Waals surface area contributed by atoms with E-state index in [0.29, 0.717) is 25.2 Å². The molecule has 0 atom stereocenters. The molecule has 0 N–H and O–H groups in total. The molecule has 0 aliphatic rings. The summed E-state index contributed by atoms with van der Waals surface area (Å²) in [6, 6.07) is 9.66. The Labute approximate surface area is 189 Å². The van der Waals surface area contributed by atoms with Gasteiger partial charge in [-0.05, 0) is 18.4 Å². The van der Waals surface area contributed by atoms with Crippen molar-refractivity contribution in [3.8, 4) is 0 Å². The highest BCUT2D eigenvalue weighted by Crippen LogP contribution is 2.12. The van der Waals surface area contributed by atoms with Gasteiger partial charge in [0.2, 0.25) is 0 Å². The van der Waals surface area contributed by atoms with Gasteiger partial charge in [-0.15, -0.1) is 0 Å². The molecule has 4 nitrogen and oxygen atoms in total. The summed E-state index contributed by atoms with van der Waals surface area (Å²) in [6.07, 6.45) is 15.3. The number of hydrogen-bond acceptors (Lipinski definition) is 4. The van der Waals surface area contributed by atoms with Gasteiger partial charge in [0.25, 0.3) is 0 Å². The second-order valence-electron chi connectivity index (χ2n) is 8.17. The van der Waals surface area contributed by atoms with Crippen LogP contribution >= 0.6 is 0 Å². The predicted octanol–water partition coefficient (Wildman–Crippen LogP) is 6.96. The first kappa shape index (κ1) is 26.9. The summed E-state index contributed by atoms with van der Waals surface area (Å²) >= 11 is 0. The summed E-state index contributed by atoms with van der Waals surface area (Å²) in [7, 11) is 0. The molecule has 0 bridgehead atoms. The van der Waals surface area contributed by atoms with Gasteiger partial charge in [0, 0.05) is 18.1 Å². The summed E-state index contributed by atoms with van der Waals surface area (Å²) < 4.78 is 10.8. The molecule has 0 radical (unpaired) electrons. The normalized spacial score (nSPS) is 11.4. The van der Waals surface area contributed by atoms with Crippen LogP contribution in [0.4, 0.5) is 0 Å². The molecule has 1 aromatic rings. The fourth-order valence-corrected chi connectivity index (χ4v) is 3.38. The third-order valence-corrected chi connectivity index (χ3v) is 5.26. The summed E-state index contributed by atoms with van der Waals surface area (Å²) in [5, 5.41) is 0. The molecule has 0 amide bonds. The SMILES string of the molecule is CCCCCCCCOC(=O)/C=C(/Cc1ccccc1)C(=O)OCCCCCCCC. The fraction of sp³-hybridized carbons (Fsp3) is 0.630. The molecular weight excluding hydrogens is 388 g/mol. The van der Waals surface area contributed by atoms with Gasteiger partial charge < -0.3 is 9.47 Å². The van der Waals surface area contributed by atoms with Crippen molar-refractivity contribution in [2.75, 3.05) is 13.2 Å². The number of rotatable bonds is 18. The van der Waals surface area contributed by atoms with Crippen molar-refractivity contribution >= 4 is 11.9 Å². The summed E-state index contributed by atoms with van der Waals surface area (Å²) in [4.78, 5) is 24.9. The molecule has 31 heavy (non-hydrogen) atoms. The van der Waals surface area contributed by atoms with E-state index in [1.807, 2.05) is 30.3 Å². The van der Waals surface area contributed by atoms with Gasteiger partial charge in [-0.2, -0.15) is 0 Å². The van der Waals surface area contributed by atoms with Crippen molar-refractivity contribution in [1.29, 1.82) is 0 Å². The van der Waals surface area contributed by atoms with Crippen molar-refractivity contribution in [2.45, 2.75) is 97.3 Å². The molecule has 4 heteroatoms. The lowest BCUT2D eigenvalue weighted by molar-refractivity contribution is -0.141. The van der Waals surface area contributed by atoms with Crippen LogP contribution in [0.25, 0.3) is 0 Å². The Morgan fingerprint density at radius 3 is 1.81 bits per heavy atom. The van der Waals surface area contributed by atoms with E-state index in [0.717, 1.165) is 31.2 Å². The van der Waals surface area contributed by atoms with E-state index in [9.17, 15) is 9.59 Å². The maximum Gasteiger partial charge on any atom is 0.334 e. The number of ether oxygens (including phenoxy) is 2. The van der Waals surface area contributed by atoms with Gasteiger partial charge in [0.1, 0.15) is 0 Å². The predicted molar refractivity (Wildman–Crippen MR) is 127 cm³/mol. The molecule has 0 spiro atoms. The van der Waals surface area contributed by atoms with Gasteiger partial charge in [0.15, 0.2) is 0 Å². The third-order valence-electron chi connectivity index (χ3n) is 5.26. The molecule has 0 fully saturated rings. The number of benzene rings is 1. The van der Waals surface area contributed by atoms with Gasteiger partial charge in [-0.1, -0.05) is 108 Å². The van der Waals surface area contributed by atoms with Crippen molar-refractivity contribution in [1.82, 2.24) is 0 Å². The average Bonchev–Trinajstić information content (AvgIpc) is 2.78. The molecule has 0 aliphatic heterocycles. The van der Waals surface area contributed by atoms with E-state index < -0.39 is 11.9 Å². The first-order valence-electron chi connectivity index (χ1n) is 12.3. The minimum atomic E-state index is -0.462. The number of esters is 2. The molecule has 0 unspecified atom stereocenters. The Morgan fingerprint density at radius 2 is 1.23 bits per heavy atom. The topological polar surface area (TPSA) is 52.6 Å². The van der Waals surface area contributed by atoms with E-state index in [-0.39, 0.29) is 0 Å². The van der Waals surface area contributed by atoms with Crippen LogP contribution in [0.5, 0.6) is 0 Å².